The van der Waals surface area contributed by atoms with E-state index in [2.05, 4.69) is 47.7 Å². The first-order valence-corrected chi connectivity index (χ1v) is 7.87. The second-order valence-electron chi connectivity index (χ2n) is 4.67. The number of hydrogen-bond acceptors (Lipinski definition) is 4. The van der Waals surface area contributed by atoms with Gasteiger partial charge in [-0.1, -0.05) is 20.8 Å². The third-order valence-corrected chi connectivity index (χ3v) is 4.10. The van der Waals surface area contributed by atoms with E-state index in [-0.39, 0.29) is 12.1 Å². The predicted molar refractivity (Wildman–Crippen MR) is 79.5 cm³/mol. The van der Waals surface area contributed by atoms with Crippen molar-refractivity contribution in [2.45, 2.75) is 52.1 Å². The fraction of sp³-hybridized carbons (Fsp3) is 0.571. The lowest BCUT2D eigenvalue weighted by atomic mass is 10.0. The zero-order chi connectivity index (χ0) is 13.8. The molecular formula is C14H22N4S. The molecule has 4 nitrogen and oxygen atoms in total. The first-order chi connectivity index (χ1) is 9.21. The fourth-order valence-corrected chi connectivity index (χ4v) is 2.94. The van der Waals surface area contributed by atoms with Crippen molar-refractivity contribution >= 4 is 11.3 Å². The number of rotatable bonds is 6. The summed E-state index contributed by atoms with van der Waals surface area (Å²) in [6.07, 6.45) is 2.66. The van der Waals surface area contributed by atoms with Gasteiger partial charge < -0.3 is 5.73 Å². The molecule has 0 saturated carbocycles. The van der Waals surface area contributed by atoms with Gasteiger partial charge in [-0.05, 0) is 28.8 Å². The molecule has 2 unspecified atom stereocenters. The number of aryl methyl sites for hydroxylation is 2. The summed E-state index contributed by atoms with van der Waals surface area (Å²) in [5.41, 5.74) is 7.57. The molecule has 0 spiro atoms. The van der Waals surface area contributed by atoms with Crippen molar-refractivity contribution in [3.8, 4) is 0 Å². The molecule has 0 bridgehead atoms. The SMILES string of the molecule is CCc1nc(CC)n(C(c2ccsc2)C(N)CC)n1. The molecule has 0 aromatic carbocycles. The zero-order valence-electron chi connectivity index (χ0n) is 11.8. The summed E-state index contributed by atoms with van der Waals surface area (Å²) >= 11 is 1.70. The van der Waals surface area contributed by atoms with Crippen molar-refractivity contribution in [1.82, 2.24) is 14.8 Å². The molecule has 0 aliphatic carbocycles. The molecule has 5 heteroatoms. The third kappa shape index (κ3) is 2.87. The molecule has 2 aromatic heterocycles. The van der Waals surface area contributed by atoms with Crippen LogP contribution in [0.4, 0.5) is 0 Å². The minimum atomic E-state index is 0.0614. The summed E-state index contributed by atoms with van der Waals surface area (Å²) in [4.78, 5) is 4.59. The standard InChI is InChI=1S/C14H22N4S/c1-4-11(15)14(10-7-8-19-9-10)18-13(6-3)16-12(5-2)17-18/h7-9,11,14H,4-6,15H2,1-3H3. The summed E-state index contributed by atoms with van der Waals surface area (Å²) in [6, 6.07) is 2.29. The van der Waals surface area contributed by atoms with Crippen LogP contribution < -0.4 is 5.73 Å². The lowest BCUT2D eigenvalue weighted by Crippen LogP contribution is -2.33. The molecule has 2 N–H and O–H groups in total. The molecule has 2 rings (SSSR count). The molecule has 0 radical (unpaired) electrons. The Bertz CT molecular complexity index is 504. The summed E-state index contributed by atoms with van der Waals surface area (Å²) in [7, 11) is 0. The van der Waals surface area contributed by atoms with E-state index in [9.17, 15) is 0 Å². The van der Waals surface area contributed by atoms with Crippen LogP contribution in [0.15, 0.2) is 16.8 Å². The zero-order valence-corrected chi connectivity index (χ0v) is 12.7. The van der Waals surface area contributed by atoms with Gasteiger partial charge in [-0.15, -0.1) is 0 Å². The van der Waals surface area contributed by atoms with Gasteiger partial charge >= 0.3 is 0 Å². The van der Waals surface area contributed by atoms with E-state index in [0.717, 1.165) is 30.9 Å². The van der Waals surface area contributed by atoms with Gasteiger partial charge in [0, 0.05) is 18.9 Å². The highest BCUT2D eigenvalue weighted by molar-refractivity contribution is 7.07. The molecule has 0 amide bonds. The molecule has 2 atom stereocenters. The highest BCUT2D eigenvalue weighted by Gasteiger charge is 2.24. The number of nitrogens with two attached hydrogens (primary N) is 1. The molecule has 104 valence electrons. The van der Waals surface area contributed by atoms with Crippen molar-refractivity contribution in [2.75, 3.05) is 0 Å². The Kier molecular flexibility index (Phi) is 4.71. The van der Waals surface area contributed by atoms with Crippen molar-refractivity contribution in [3.63, 3.8) is 0 Å². The third-order valence-electron chi connectivity index (χ3n) is 3.40. The maximum absolute atomic E-state index is 6.33. The molecule has 0 aliphatic rings. The molecule has 0 saturated heterocycles. The first kappa shape index (κ1) is 14.2. The van der Waals surface area contributed by atoms with E-state index in [1.165, 1.54) is 5.56 Å². The number of aromatic nitrogens is 3. The summed E-state index contributed by atoms with van der Waals surface area (Å²) < 4.78 is 2.04. The average molecular weight is 278 g/mol. The van der Waals surface area contributed by atoms with E-state index in [1.807, 2.05) is 4.68 Å². The summed E-state index contributed by atoms with van der Waals surface area (Å²) in [6.45, 7) is 6.31. The Hall–Kier alpha value is -1.20. The van der Waals surface area contributed by atoms with Gasteiger partial charge in [0.25, 0.3) is 0 Å². The number of nitrogens with zero attached hydrogens (tertiary/aromatic N) is 3. The highest BCUT2D eigenvalue weighted by atomic mass is 32.1. The smallest absolute Gasteiger partial charge is 0.150 e. The molecule has 0 aliphatic heterocycles. The Morgan fingerprint density at radius 3 is 2.63 bits per heavy atom. The van der Waals surface area contributed by atoms with Gasteiger partial charge in [0.2, 0.25) is 0 Å². The molecular weight excluding hydrogens is 256 g/mol. The predicted octanol–water partition coefficient (Wildman–Crippen LogP) is 2.79. The van der Waals surface area contributed by atoms with Gasteiger partial charge in [-0.2, -0.15) is 16.4 Å². The van der Waals surface area contributed by atoms with Crippen LogP contribution in [-0.2, 0) is 12.8 Å². The Morgan fingerprint density at radius 1 is 1.32 bits per heavy atom. The largest absolute Gasteiger partial charge is 0.326 e. The van der Waals surface area contributed by atoms with E-state index in [4.69, 9.17) is 5.73 Å². The fourth-order valence-electron chi connectivity index (χ4n) is 2.25. The maximum atomic E-state index is 6.33. The number of hydrogen-bond donors (Lipinski definition) is 1. The van der Waals surface area contributed by atoms with Gasteiger partial charge in [0.1, 0.15) is 5.82 Å². The van der Waals surface area contributed by atoms with Crippen LogP contribution in [0.1, 0.15) is 50.4 Å². The van der Waals surface area contributed by atoms with Crippen molar-refractivity contribution in [3.05, 3.63) is 34.0 Å². The van der Waals surface area contributed by atoms with Gasteiger partial charge in [-0.25, -0.2) is 9.67 Å². The van der Waals surface area contributed by atoms with Crippen molar-refractivity contribution in [1.29, 1.82) is 0 Å². The molecule has 2 aromatic rings. The minimum absolute atomic E-state index is 0.0614. The minimum Gasteiger partial charge on any atom is -0.326 e. The van der Waals surface area contributed by atoms with Crippen LogP contribution in [0, 0.1) is 0 Å². The Labute approximate surface area is 118 Å². The maximum Gasteiger partial charge on any atom is 0.150 e. The van der Waals surface area contributed by atoms with Gasteiger partial charge in [-0.3, -0.25) is 0 Å². The second kappa shape index (κ2) is 6.30. The summed E-state index contributed by atoms with van der Waals surface area (Å²) in [5.74, 6) is 1.93. The monoisotopic (exact) mass is 278 g/mol. The van der Waals surface area contributed by atoms with E-state index >= 15 is 0 Å². The topological polar surface area (TPSA) is 56.7 Å². The van der Waals surface area contributed by atoms with E-state index in [0.29, 0.717) is 0 Å². The average Bonchev–Trinajstić information content (AvgIpc) is 3.08. The Balaban J connectivity index is 2.46. The van der Waals surface area contributed by atoms with Crippen molar-refractivity contribution in [2.24, 2.45) is 5.73 Å². The van der Waals surface area contributed by atoms with Crippen LogP contribution in [0.5, 0.6) is 0 Å². The van der Waals surface area contributed by atoms with Crippen LogP contribution in [0.25, 0.3) is 0 Å². The van der Waals surface area contributed by atoms with Gasteiger partial charge in [0.05, 0.1) is 6.04 Å². The van der Waals surface area contributed by atoms with Crippen LogP contribution in [0.3, 0.4) is 0 Å². The second-order valence-corrected chi connectivity index (χ2v) is 5.45. The normalized spacial score (nSPS) is 14.5. The first-order valence-electron chi connectivity index (χ1n) is 6.93. The molecule has 0 fully saturated rings. The molecule has 19 heavy (non-hydrogen) atoms. The van der Waals surface area contributed by atoms with Gasteiger partial charge in [0.15, 0.2) is 5.82 Å². The molecule has 2 heterocycles. The lowest BCUT2D eigenvalue weighted by molar-refractivity contribution is 0.410. The lowest BCUT2D eigenvalue weighted by Gasteiger charge is -2.23. The number of thiophene rings is 1. The highest BCUT2D eigenvalue weighted by Crippen LogP contribution is 2.25. The van der Waals surface area contributed by atoms with Crippen LogP contribution in [-0.4, -0.2) is 20.8 Å². The van der Waals surface area contributed by atoms with E-state index in [1.54, 1.807) is 11.3 Å². The Morgan fingerprint density at radius 2 is 2.11 bits per heavy atom. The van der Waals surface area contributed by atoms with Crippen LogP contribution in [0.2, 0.25) is 0 Å². The quantitative estimate of drug-likeness (QED) is 0.884. The van der Waals surface area contributed by atoms with Crippen LogP contribution >= 0.6 is 11.3 Å². The summed E-state index contributed by atoms with van der Waals surface area (Å²) in [5, 5.41) is 8.91. The van der Waals surface area contributed by atoms with E-state index < -0.39 is 0 Å². The van der Waals surface area contributed by atoms with Crippen molar-refractivity contribution < 1.29 is 0 Å².